The number of aromatic nitrogens is 2. The minimum Gasteiger partial charge on any atom is -0.306 e. The largest absolute Gasteiger partial charge is 0.333 e. The van der Waals surface area contributed by atoms with Crippen molar-refractivity contribution in [1.29, 1.82) is 0 Å². The van der Waals surface area contributed by atoms with Crippen LogP contribution in [-0.4, -0.2) is 9.55 Å². The fourth-order valence-corrected chi connectivity index (χ4v) is 2.00. The highest BCUT2D eigenvalue weighted by atomic mass is 19.1. The van der Waals surface area contributed by atoms with Crippen LogP contribution in [0.15, 0.2) is 58.1 Å². The van der Waals surface area contributed by atoms with Crippen LogP contribution in [0.3, 0.4) is 0 Å². The summed E-state index contributed by atoms with van der Waals surface area (Å²) >= 11 is 0. The van der Waals surface area contributed by atoms with Gasteiger partial charge in [0.2, 0.25) is 0 Å². The molecule has 1 heterocycles. The number of hydrogen-bond acceptors (Lipinski definition) is 2. The Morgan fingerprint density at radius 2 is 1.74 bits per heavy atom. The van der Waals surface area contributed by atoms with Crippen LogP contribution in [0.2, 0.25) is 0 Å². The van der Waals surface area contributed by atoms with Gasteiger partial charge in [0.1, 0.15) is 5.82 Å². The summed E-state index contributed by atoms with van der Waals surface area (Å²) in [6.45, 7) is 0. The molecule has 0 aliphatic heterocycles. The number of H-pyrrole nitrogens is 1. The van der Waals surface area contributed by atoms with Crippen LogP contribution in [0.25, 0.3) is 16.6 Å². The Kier molecular flexibility index (Phi) is 2.52. The van der Waals surface area contributed by atoms with E-state index in [-0.39, 0.29) is 10.9 Å². The van der Waals surface area contributed by atoms with Gasteiger partial charge in [-0.3, -0.25) is 4.79 Å². The van der Waals surface area contributed by atoms with Gasteiger partial charge in [0.15, 0.2) is 0 Å². The normalized spacial score (nSPS) is 10.8. The number of benzene rings is 2. The lowest BCUT2D eigenvalue weighted by Crippen LogP contribution is -2.33. The van der Waals surface area contributed by atoms with Crippen molar-refractivity contribution in [3.8, 4) is 5.69 Å². The number of aromatic amines is 1. The molecule has 0 saturated heterocycles. The Balaban J connectivity index is 2.43. The van der Waals surface area contributed by atoms with Gasteiger partial charge in [0, 0.05) is 0 Å². The summed E-state index contributed by atoms with van der Waals surface area (Å²) in [5, 5.41) is 0.268. The molecule has 0 fully saturated rings. The quantitative estimate of drug-likeness (QED) is 0.722. The van der Waals surface area contributed by atoms with Crippen molar-refractivity contribution in [1.82, 2.24) is 9.55 Å². The molecule has 3 rings (SSSR count). The van der Waals surface area contributed by atoms with E-state index >= 15 is 0 Å². The van der Waals surface area contributed by atoms with Crippen LogP contribution in [0.1, 0.15) is 0 Å². The predicted molar refractivity (Wildman–Crippen MR) is 70.1 cm³/mol. The zero-order valence-corrected chi connectivity index (χ0v) is 9.76. The summed E-state index contributed by atoms with van der Waals surface area (Å²) < 4.78 is 14.1. The molecular weight excluding hydrogens is 247 g/mol. The highest BCUT2D eigenvalue weighted by Gasteiger charge is 2.09. The van der Waals surface area contributed by atoms with Crippen LogP contribution in [0.5, 0.6) is 0 Å². The molecule has 0 aliphatic carbocycles. The van der Waals surface area contributed by atoms with E-state index in [1.165, 1.54) is 12.1 Å². The van der Waals surface area contributed by atoms with E-state index in [2.05, 4.69) is 4.98 Å². The fraction of sp³-hybridized carbons (Fsp3) is 0. The van der Waals surface area contributed by atoms with Gasteiger partial charge in [-0.25, -0.2) is 13.8 Å². The molecule has 94 valence electrons. The third-order valence-corrected chi connectivity index (χ3v) is 2.87. The third kappa shape index (κ3) is 1.85. The predicted octanol–water partition coefficient (Wildman–Crippen LogP) is 1.82. The maximum absolute atomic E-state index is 13.1. The van der Waals surface area contributed by atoms with Gasteiger partial charge in [-0.15, -0.1) is 0 Å². The summed E-state index contributed by atoms with van der Waals surface area (Å²) in [5.74, 6) is -0.500. The minimum atomic E-state index is -0.589. The van der Waals surface area contributed by atoms with Gasteiger partial charge < -0.3 is 4.98 Å². The third-order valence-electron chi connectivity index (χ3n) is 2.87. The van der Waals surface area contributed by atoms with Gasteiger partial charge in [0.05, 0.1) is 16.6 Å². The van der Waals surface area contributed by atoms with Crippen LogP contribution < -0.4 is 11.2 Å². The molecule has 0 spiro atoms. The Hall–Kier alpha value is -2.69. The van der Waals surface area contributed by atoms with Crippen molar-refractivity contribution >= 4 is 10.9 Å². The molecule has 4 nitrogen and oxygen atoms in total. The lowest BCUT2D eigenvalue weighted by atomic mass is 10.2. The van der Waals surface area contributed by atoms with Crippen molar-refractivity contribution in [3.05, 3.63) is 75.2 Å². The highest BCUT2D eigenvalue weighted by molar-refractivity contribution is 5.77. The van der Waals surface area contributed by atoms with E-state index in [1.807, 2.05) is 0 Å². The molecule has 0 bridgehead atoms. The molecule has 1 N–H and O–H groups in total. The van der Waals surface area contributed by atoms with Crippen molar-refractivity contribution in [2.75, 3.05) is 0 Å². The van der Waals surface area contributed by atoms with Gasteiger partial charge >= 0.3 is 5.69 Å². The zero-order valence-electron chi connectivity index (χ0n) is 9.76. The Bertz CT molecular complexity index is 866. The number of nitrogens with zero attached hydrogens (tertiary/aromatic N) is 1. The van der Waals surface area contributed by atoms with Crippen LogP contribution in [0, 0.1) is 5.82 Å². The molecular formula is C14H9FN2O2. The maximum atomic E-state index is 13.1. The first kappa shape index (κ1) is 11.4. The van der Waals surface area contributed by atoms with Crippen molar-refractivity contribution in [3.63, 3.8) is 0 Å². The average molecular weight is 256 g/mol. The second-order valence-corrected chi connectivity index (χ2v) is 4.10. The number of fused-ring (bicyclic) bond motifs is 1. The van der Waals surface area contributed by atoms with E-state index in [4.69, 9.17) is 0 Å². The maximum Gasteiger partial charge on any atom is 0.333 e. The molecule has 5 heteroatoms. The summed E-state index contributed by atoms with van der Waals surface area (Å²) in [4.78, 5) is 26.7. The smallest absolute Gasteiger partial charge is 0.306 e. The molecule has 1 aromatic heterocycles. The van der Waals surface area contributed by atoms with Gasteiger partial charge in [0.25, 0.3) is 5.56 Å². The number of para-hydroxylation sites is 1. The SMILES string of the molecule is O=c1[nH]c2cc(F)ccc2c(=O)n1-c1ccccc1. The number of halogens is 1. The summed E-state index contributed by atoms with van der Waals surface area (Å²) in [6.07, 6.45) is 0. The molecule has 0 unspecified atom stereocenters. The second kappa shape index (κ2) is 4.20. The topological polar surface area (TPSA) is 54.9 Å². The van der Waals surface area contributed by atoms with Crippen LogP contribution in [0.4, 0.5) is 4.39 Å². The monoisotopic (exact) mass is 256 g/mol. The molecule has 2 aromatic carbocycles. The Morgan fingerprint density at radius 1 is 1.00 bits per heavy atom. The summed E-state index contributed by atoms with van der Waals surface area (Å²) in [6, 6.07) is 12.3. The minimum absolute atomic E-state index is 0.196. The standard InChI is InChI=1S/C14H9FN2O2/c15-9-6-7-11-12(8-9)16-14(19)17(13(11)18)10-4-2-1-3-5-10/h1-8H,(H,16,19). The number of hydrogen-bond donors (Lipinski definition) is 1. The van der Waals surface area contributed by atoms with Crippen molar-refractivity contribution < 1.29 is 4.39 Å². The Labute approximate surface area is 106 Å². The molecule has 0 amide bonds. The van der Waals surface area contributed by atoms with E-state index in [1.54, 1.807) is 30.3 Å². The van der Waals surface area contributed by atoms with Crippen molar-refractivity contribution in [2.45, 2.75) is 0 Å². The molecule has 0 aliphatic rings. The van der Waals surface area contributed by atoms with E-state index < -0.39 is 17.1 Å². The van der Waals surface area contributed by atoms with E-state index in [0.29, 0.717) is 5.69 Å². The molecule has 19 heavy (non-hydrogen) atoms. The van der Waals surface area contributed by atoms with E-state index in [0.717, 1.165) is 10.6 Å². The first-order chi connectivity index (χ1) is 9.16. The Morgan fingerprint density at radius 3 is 2.47 bits per heavy atom. The van der Waals surface area contributed by atoms with E-state index in [9.17, 15) is 14.0 Å². The van der Waals surface area contributed by atoms with Crippen LogP contribution in [-0.2, 0) is 0 Å². The highest BCUT2D eigenvalue weighted by Crippen LogP contribution is 2.09. The summed E-state index contributed by atoms with van der Waals surface area (Å²) in [7, 11) is 0. The zero-order chi connectivity index (χ0) is 13.4. The van der Waals surface area contributed by atoms with Gasteiger partial charge in [-0.05, 0) is 30.3 Å². The average Bonchev–Trinajstić information content (AvgIpc) is 2.39. The molecule has 0 atom stereocenters. The molecule has 0 saturated carbocycles. The first-order valence-corrected chi connectivity index (χ1v) is 5.67. The summed E-state index contributed by atoms with van der Waals surface area (Å²) in [5.41, 5.74) is -0.388. The number of rotatable bonds is 1. The fourth-order valence-electron chi connectivity index (χ4n) is 2.00. The lowest BCUT2D eigenvalue weighted by Gasteiger charge is -2.05. The van der Waals surface area contributed by atoms with Gasteiger partial charge in [-0.1, -0.05) is 18.2 Å². The molecule has 3 aromatic rings. The number of nitrogens with one attached hydrogen (secondary N) is 1. The first-order valence-electron chi connectivity index (χ1n) is 5.67. The van der Waals surface area contributed by atoms with Crippen molar-refractivity contribution in [2.24, 2.45) is 0 Å². The van der Waals surface area contributed by atoms with Crippen LogP contribution >= 0.6 is 0 Å². The molecule has 0 radical (unpaired) electrons. The second-order valence-electron chi connectivity index (χ2n) is 4.10. The van der Waals surface area contributed by atoms with Gasteiger partial charge in [-0.2, -0.15) is 0 Å². The lowest BCUT2D eigenvalue weighted by molar-refractivity contribution is 0.629.